The summed E-state index contributed by atoms with van der Waals surface area (Å²) in [6, 6.07) is 8.27. The van der Waals surface area contributed by atoms with Gasteiger partial charge in [0.2, 0.25) is 0 Å². The molecule has 0 fully saturated rings. The zero-order valence-corrected chi connectivity index (χ0v) is 11.5. The highest BCUT2D eigenvalue weighted by Crippen LogP contribution is 2.28. The van der Waals surface area contributed by atoms with E-state index in [-0.39, 0.29) is 11.9 Å². The number of thioether (sulfide) groups is 1. The lowest BCUT2D eigenvalue weighted by Gasteiger charge is -2.16. The molecule has 0 aliphatic rings. The smallest absolute Gasteiger partial charge is 0.136 e. The average molecular weight is 277 g/mol. The largest absolute Gasteiger partial charge is 0.383 e. The molecular formula is C14H16FN3S. The lowest BCUT2D eigenvalue weighted by molar-refractivity contribution is 0.602. The van der Waals surface area contributed by atoms with E-state index in [9.17, 15) is 4.39 Å². The number of rotatable bonds is 4. The molecule has 1 heterocycles. The fourth-order valence-electron chi connectivity index (χ4n) is 1.90. The molecule has 1 aromatic heterocycles. The zero-order chi connectivity index (χ0) is 13.8. The molecule has 1 unspecified atom stereocenters. The summed E-state index contributed by atoms with van der Waals surface area (Å²) in [4.78, 5) is 4.64. The number of halogens is 1. The van der Waals surface area contributed by atoms with Crippen LogP contribution in [-0.2, 0) is 0 Å². The van der Waals surface area contributed by atoms with Crippen LogP contribution in [0.3, 0.4) is 0 Å². The summed E-state index contributed by atoms with van der Waals surface area (Å²) >= 11 is 1.38. The van der Waals surface area contributed by atoms with Crippen LogP contribution in [0.25, 0.3) is 0 Å². The summed E-state index contributed by atoms with van der Waals surface area (Å²) in [5, 5.41) is 0. The number of benzene rings is 1. The molecule has 2 aromatic rings. The van der Waals surface area contributed by atoms with Gasteiger partial charge in [-0.3, -0.25) is 0 Å². The van der Waals surface area contributed by atoms with Crippen LogP contribution in [0.1, 0.15) is 17.2 Å². The van der Waals surface area contributed by atoms with Gasteiger partial charge >= 0.3 is 0 Å². The number of anilines is 1. The van der Waals surface area contributed by atoms with Crippen molar-refractivity contribution in [3.05, 3.63) is 53.5 Å². The van der Waals surface area contributed by atoms with Crippen molar-refractivity contribution in [2.45, 2.75) is 17.9 Å². The molecule has 1 atom stereocenters. The van der Waals surface area contributed by atoms with Crippen molar-refractivity contribution in [3.63, 3.8) is 0 Å². The molecule has 5 heteroatoms. The first kappa shape index (κ1) is 13.8. The Balaban J connectivity index is 2.10. The number of nitrogens with two attached hydrogens (primary N) is 2. The van der Waals surface area contributed by atoms with Gasteiger partial charge in [0.05, 0.1) is 0 Å². The minimum Gasteiger partial charge on any atom is -0.383 e. The zero-order valence-electron chi connectivity index (χ0n) is 10.6. The summed E-state index contributed by atoms with van der Waals surface area (Å²) in [5.74, 6) is 0.773. The third-order valence-electron chi connectivity index (χ3n) is 2.86. The van der Waals surface area contributed by atoms with Crippen LogP contribution >= 0.6 is 11.8 Å². The molecule has 100 valence electrons. The second kappa shape index (κ2) is 6.04. The van der Waals surface area contributed by atoms with Gasteiger partial charge in [0.25, 0.3) is 0 Å². The molecule has 0 saturated heterocycles. The number of pyridine rings is 1. The standard InChI is InChI=1S/C14H16FN3S/c1-9-6-7-18-14(17)13(9)11(16)8-19-12-5-3-2-4-10(12)15/h2-7,11H,8,16H2,1H3,(H2,17,18). The number of hydrogen-bond donors (Lipinski definition) is 2. The van der Waals surface area contributed by atoms with Gasteiger partial charge in [0, 0.05) is 28.5 Å². The van der Waals surface area contributed by atoms with Crippen LogP contribution in [0, 0.1) is 12.7 Å². The SMILES string of the molecule is Cc1ccnc(N)c1C(N)CSc1ccccc1F. The first-order valence-corrected chi connectivity index (χ1v) is 6.92. The summed E-state index contributed by atoms with van der Waals surface area (Å²) in [6.07, 6.45) is 1.66. The fourth-order valence-corrected chi connectivity index (χ4v) is 2.80. The Morgan fingerprint density at radius 2 is 2.05 bits per heavy atom. The molecule has 0 aliphatic heterocycles. The molecule has 0 aliphatic carbocycles. The lowest BCUT2D eigenvalue weighted by Crippen LogP contribution is -2.17. The van der Waals surface area contributed by atoms with Gasteiger partial charge in [-0.15, -0.1) is 11.8 Å². The van der Waals surface area contributed by atoms with E-state index in [2.05, 4.69) is 4.98 Å². The number of hydrogen-bond acceptors (Lipinski definition) is 4. The quantitative estimate of drug-likeness (QED) is 0.843. The van der Waals surface area contributed by atoms with Crippen LogP contribution in [0.15, 0.2) is 41.4 Å². The molecule has 19 heavy (non-hydrogen) atoms. The molecule has 0 spiro atoms. The third-order valence-corrected chi connectivity index (χ3v) is 4.03. The molecular weight excluding hydrogens is 261 g/mol. The Bertz CT molecular complexity index is 554. The van der Waals surface area contributed by atoms with Gasteiger partial charge in [-0.1, -0.05) is 12.1 Å². The second-order valence-electron chi connectivity index (χ2n) is 4.27. The lowest BCUT2D eigenvalue weighted by atomic mass is 10.1. The Labute approximate surface area is 116 Å². The Hall–Kier alpha value is -1.59. The van der Waals surface area contributed by atoms with Gasteiger partial charge in [-0.25, -0.2) is 9.37 Å². The van der Waals surface area contributed by atoms with Crippen molar-refractivity contribution < 1.29 is 4.39 Å². The summed E-state index contributed by atoms with van der Waals surface area (Å²) in [7, 11) is 0. The fraction of sp³-hybridized carbons (Fsp3) is 0.214. The van der Waals surface area contributed by atoms with Gasteiger partial charge in [-0.05, 0) is 30.7 Å². The highest BCUT2D eigenvalue weighted by atomic mass is 32.2. The molecule has 0 amide bonds. The topological polar surface area (TPSA) is 64.9 Å². The van der Waals surface area contributed by atoms with E-state index in [4.69, 9.17) is 11.5 Å². The van der Waals surface area contributed by atoms with E-state index in [1.165, 1.54) is 17.8 Å². The molecule has 0 radical (unpaired) electrons. The van der Waals surface area contributed by atoms with E-state index in [0.717, 1.165) is 11.1 Å². The molecule has 4 N–H and O–H groups in total. The van der Waals surface area contributed by atoms with Crippen molar-refractivity contribution in [1.29, 1.82) is 0 Å². The normalized spacial score (nSPS) is 12.4. The first-order valence-electron chi connectivity index (χ1n) is 5.93. The highest BCUT2D eigenvalue weighted by Gasteiger charge is 2.14. The Kier molecular flexibility index (Phi) is 4.39. The van der Waals surface area contributed by atoms with E-state index in [1.807, 2.05) is 13.0 Å². The third kappa shape index (κ3) is 3.24. The molecule has 0 bridgehead atoms. The summed E-state index contributed by atoms with van der Waals surface area (Å²) < 4.78 is 13.5. The van der Waals surface area contributed by atoms with E-state index in [0.29, 0.717) is 16.5 Å². The Morgan fingerprint density at radius 1 is 1.32 bits per heavy atom. The van der Waals surface area contributed by atoms with Crippen molar-refractivity contribution in [2.75, 3.05) is 11.5 Å². The highest BCUT2D eigenvalue weighted by molar-refractivity contribution is 7.99. The van der Waals surface area contributed by atoms with Crippen LogP contribution in [0.4, 0.5) is 10.2 Å². The molecule has 2 rings (SSSR count). The summed E-state index contributed by atoms with van der Waals surface area (Å²) in [6.45, 7) is 1.95. The van der Waals surface area contributed by atoms with E-state index < -0.39 is 0 Å². The van der Waals surface area contributed by atoms with E-state index in [1.54, 1.807) is 24.4 Å². The number of aromatic nitrogens is 1. The maximum Gasteiger partial charge on any atom is 0.136 e. The maximum absolute atomic E-state index is 13.5. The predicted molar refractivity (Wildman–Crippen MR) is 77.4 cm³/mol. The van der Waals surface area contributed by atoms with Crippen LogP contribution < -0.4 is 11.5 Å². The summed E-state index contributed by atoms with van der Waals surface area (Å²) in [5.41, 5.74) is 13.8. The second-order valence-corrected chi connectivity index (χ2v) is 5.34. The van der Waals surface area contributed by atoms with Crippen LogP contribution in [-0.4, -0.2) is 10.7 Å². The first-order chi connectivity index (χ1) is 9.09. The monoisotopic (exact) mass is 277 g/mol. The van der Waals surface area contributed by atoms with Crippen LogP contribution in [0.2, 0.25) is 0 Å². The number of nitrogens with zero attached hydrogens (tertiary/aromatic N) is 1. The molecule has 1 aromatic carbocycles. The van der Waals surface area contributed by atoms with Crippen molar-refractivity contribution in [2.24, 2.45) is 5.73 Å². The maximum atomic E-state index is 13.5. The Morgan fingerprint density at radius 3 is 2.74 bits per heavy atom. The van der Waals surface area contributed by atoms with Gasteiger partial charge in [0.15, 0.2) is 0 Å². The van der Waals surface area contributed by atoms with Gasteiger partial charge in [0.1, 0.15) is 11.6 Å². The van der Waals surface area contributed by atoms with Gasteiger partial charge in [-0.2, -0.15) is 0 Å². The molecule has 0 saturated carbocycles. The number of aryl methyl sites for hydroxylation is 1. The van der Waals surface area contributed by atoms with Crippen molar-refractivity contribution in [1.82, 2.24) is 4.98 Å². The van der Waals surface area contributed by atoms with E-state index >= 15 is 0 Å². The number of nitrogen functional groups attached to an aromatic ring is 1. The van der Waals surface area contributed by atoms with Crippen molar-refractivity contribution >= 4 is 17.6 Å². The minimum atomic E-state index is -0.265. The molecule has 3 nitrogen and oxygen atoms in total. The minimum absolute atomic E-state index is 0.226. The average Bonchev–Trinajstić information content (AvgIpc) is 2.37. The van der Waals surface area contributed by atoms with Crippen LogP contribution in [0.5, 0.6) is 0 Å². The predicted octanol–water partition coefficient (Wildman–Crippen LogP) is 2.90. The van der Waals surface area contributed by atoms with Crippen molar-refractivity contribution in [3.8, 4) is 0 Å². The van der Waals surface area contributed by atoms with Gasteiger partial charge < -0.3 is 11.5 Å².